The quantitative estimate of drug-likeness (QED) is 0.858. The Labute approximate surface area is 128 Å². The van der Waals surface area contributed by atoms with E-state index in [1.165, 1.54) is 6.07 Å². The van der Waals surface area contributed by atoms with Crippen molar-refractivity contribution in [1.82, 2.24) is 10.0 Å². The van der Waals surface area contributed by atoms with Gasteiger partial charge in [-0.2, -0.15) is 0 Å². The molecule has 0 aliphatic carbocycles. The summed E-state index contributed by atoms with van der Waals surface area (Å²) in [5.74, 6) is -0.780. The summed E-state index contributed by atoms with van der Waals surface area (Å²) in [6.07, 6.45) is 1.45. The molecule has 2 N–H and O–H groups in total. The zero-order valence-electron chi connectivity index (χ0n) is 11.7. The first-order valence-electron chi connectivity index (χ1n) is 6.66. The van der Waals surface area contributed by atoms with Gasteiger partial charge in [-0.05, 0) is 32.0 Å². The second kappa shape index (κ2) is 7.02. The molecule has 1 aliphatic heterocycles. The minimum atomic E-state index is -3.97. The van der Waals surface area contributed by atoms with Crippen molar-refractivity contribution in [2.75, 3.05) is 20.3 Å². The second-order valence-electron chi connectivity index (χ2n) is 4.94. The Kier molecular flexibility index (Phi) is 5.56. The molecule has 1 atom stereocenters. The zero-order valence-corrected chi connectivity index (χ0v) is 13.2. The molecule has 1 aliphatic rings. The molecular formula is C13H18ClFN2O3S. The average molecular weight is 337 g/mol. The van der Waals surface area contributed by atoms with Gasteiger partial charge in [0.2, 0.25) is 10.0 Å². The van der Waals surface area contributed by atoms with Crippen molar-refractivity contribution in [3.63, 3.8) is 0 Å². The molecule has 1 aromatic rings. The number of halogens is 2. The topological polar surface area (TPSA) is 67.4 Å². The van der Waals surface area contributed by atoms with Gasteiger partial charge >= 0.3 is 0 Å². The second-order valence-corrected chi connectivity index (χ2v) is 7.06. The van der Waals surface area contributed by atoms with E-state index in [0.717, 1.165) is 12.5 Å². The van der Waals surface area contributed by atoms with Crippen LogP contribution in [0.4, 0.5) is 4.39 Å². The number of rotatable bonds is 5. The molecule has 0 bridgehead atoms. The number of hydrogen-bond acceptors (Lipinski definition) is 4. The van der Waals surface area contributed by atoms with Gasteiger partial charge in [0, 0.05) is 29.8 Å². The maximum Gasteiger partial charge on any atom is 0.243 e. The maximum absolute atomic E-state index is 14.3. The van der Waals surface area contributed by atoms with E-state index in [-0.39, 0.29) is 23.2 Å². The van der Waals surface area contributed by atoms with Crippen LogP contribution in [0.2, 0.25) is 5.02 Å². The summed E-state index contributed by atoms with van der Waals surface area (Å²) in [6, 6.07) is 2.20. The fraction of sp³-hybridized carbons (Fsp3) is 0.538. The summed E-state index contributed by atoms with van der Waals surface area (Å²) < 4.78 is 46.7. The van der Waals surface area contributed by atoms with Crippen molar-refractivity contribution in [2.45, 2.75) is 30.3 Å². The zero-order chi connectivity index (χ0) is 15.5. The number of hydrogen-bond donors (Lipinski definition) is 2. The Hall–Kier alpha value is -0.730. The van der Waals surface area contributed by atoms with Crippen LogP contribution in [0.25, 0.3) is 0 Å². The van der Waals surface area contributed by atoms with Crippen molar-refractivity contribution < 1.29 is 17.5 Å². The molecule has 0 spiro atoms. The molecule has 1 heterocycles. The Bertz CT molecular complexity index is 604. The van der Waals surface area contributed by atoms with E-state index in [0.29, 0.717) is 19.6 Å². The summed E-state index contributed by atoms with van der Waals surface area (Å²) in [7, 11) is -2.33. The molecule has 1 fully saturated rings. The third-order valence-electron chi connectivity index (χ3n) is 3.22. The fourth-order valence-electron chi connectivity index (χ4n) is 2.25. The molecule has 0 saturated carbocycles. The largest absolute Gasteiger partial charge is 0.380 e. The Morgan fingerprint density at radius 2 is 2.24 bits per heavy atom. The van der Waals surface area contributed by atoms with Crippen LogP contribution in [0.15, 0.2) is 17.0 Å². The monoisotopic (exact) mass is 336 g/mol. The highest BCUT2D eigenvalue weighted by molar-refractivity contribution is 7.89. The van der Waals surface area contributed by atoms with Crippen LogP contribution >= 0.6 is 11.6 Å². The summed E-state index contributed by atoms with van der Waals surface area (Å²) in [5, 5.41) is 2.96. The lowest BCUT2D eigenvalue weighted by molar-refractivity contribution is 0.0774. The molecule has 5 nitrogen and oxygen atoms in total. The van der Waals surface area contributed by atoms with Gasteiger partial charge < -0.3 is 10.1 Å². The number of nitrogens with one attached hydrogen (secondary N) is 2. The average Bonchev–Trinajstić information content (AvgIpc) is 2.43. The molecule has 8 heteroatoms. The van der Waals surface area contributed by atoms with Gasteiger partial charge in [0.15, 0.2) is 0 Å². The van der Waals surface area contributed by atoms with Crippen LogP contribution in [-0.4, -0.2) is 34.7 Å². The lowest BCUT2D eigenvalue weighted by atomic mass is 10.1. The Morgan fingerprint density at radius 3 is 2.86 bits per heavy atom. The lowest BCUT2D eigenvalue weighted by Crippen LogP contribution is -2.40. The highest BCUT2D eigenvalue weighted by Gasteiger charge is 2.26. The Balaban J connectivity index is 2.30. The van der Waals surface area contributed by atoms with Gasteiger partial charge in [-0.25, -0.2) is 17.5 Å². The highest BCUT2D eigenvalue weighted by Crippen LogP contribution is 2.24. The van der Waals surface area contributed by atoms with E-state index in [9.17, 15) is 12.8 Å². The lowest BCUT2D eigenvalue weighted by Gasteiger charge is -2.23. The summed E-state index contributed by atoms with van der Waals surface area (Å²) in [5.41, 5.74) is 0.213. The number of ether oxygens (including phenoxy) is 1. The summed E-state index contributed by atoms with van der Waals surface area (Å²) in [4.78, 5) is -0.425. The summed E-state index contributed by atoms with van der Waals surface area (Å²) >= 11 is 5.90. The third-order valence-corrected chi connectivity index (χ3v) is 4.96. The molecule has 0 aromatic heterocycles. The van der Waals surface area contributed by atoms with E-state index in [1.807, 2.05) is 0 Å². The predicted molar refractivity (Wildman–Crippen MR) is 78.3 cm³/mol. The van der Waals surface area contributed by atoms with E-state index >= 15 is 0 Å². The van der Waals surface area contributed by atoms with Crippen molar-refractivity contribution >= 4 is 21.6 Å². The van der Waals surface area contributed by atoms with Crippen LogP contribution in [0, 0.1) is 5.82 Å². The fourth-order valence-corrected chi connectivity index (χ4v) is 3.96. The van der Waals surface area contributed by atoms with Crippen molar-refractivity contribution in [1.29, 1.82) is 0 Å². The SMILES string of the molecule is CNCc1cc(Cl)cc(S(=O)(=O)NC2CCCOC2)c1F. The maximum atomic E-state index is 14.3. The summed E-state index contributed by atoms with van der Waals surface area (Å²) in [6.45, 7) is 1.11. The molecule has 2 rings (SSSR count). The van der Waals surface area contributed by atoms with Gasteiger partial charge in [0.05, 0.1) is 6.61 Å². The van der Waals surface area contributed by atoms with E-state index in [4.69, 9.17) is 16.3 Å². The third kappa shape index (κ3) is 4.14. The van der Waals surface area contributed by atoms with Crippen LogP contribution in [0.3, 0.4) is 0 Å². The number of benzene rings is 1. The normalized spacial score (nSPS) is 19.7. The first-order valence-corrected chi connectivity index (χ1v) is 8.53. The van der Waals surface area contributed by atoms with E-state index in [1.54, 1.807) is 7.05 Å². The minimum absolute atomic E-state index is 0.182. The van der Waals surface area contributed by atoms with E-state index < -0.39 is 20.7 Å². The van der Waals surface area contributed by atoms with Crippen molar-refractivity contribution in [2.24, 2.45) is 0 Å². The first-order chi connectivity index (χ1) is 9.94. The molecule has 1 unspecified atom stereocenters. The van der Waals surface area contributed by atoms with Crippen LogP contribution < -0.4 is 10.0 Å². The number of sulfonamides is 1. The predicted octanol–water partition coefficient (Wildman–Crippen LogP) is 1.66. The molecule has 1 aromatic carbocycles. The molecule has 21 heavy (non-hydrogen) atoms. The van der Waals surface area contributed by atoms with Gasteiger partial charge in [0.25, 0.3) is 0 Å². The van der Waals surface area contributed by atoms with Gasteiger partial charge in [-0.1, -0.05) is 11.6 Å². The standard InChI is InChI=1S/C13H18ClFN2O3S/c1-16-7-9-5-10(14)6-12(13(9)15)21(18,19)17-11-3-2-4-20-8-11/h5-6,11,16-17H,2-4,7-8H2,1H3. The molecular weight excluding hydrogens is 319 g/mol. The molecule has 0 radical (unpaired) electrons. The van der Waals surface area contributed by atoms with Gasteiger partial charge in [0.1, 0.15) is 10.7 Å². The van der Waals surface area contributed by atoms with Crippen LogP contribution in [0.5, 0.6) is 0 Å². The van der Waals surface area contributed by atoms with Crippen LogP contribution in [0.1, 0.15) is 18.4 Å². The van der Waals surface area contributed by atoms with Crippen molar-refractivity contribution in [3.8, 4) is 0 Å². The molecule has 118 valence electrons. The minimum Gasteiger partial charge on any atom is -0.380 e. The van der Waals surface area contributed by atoms with E-state index in [2.05, 4.69) is 10.0 Å². The van der Waals surface area contributed by atoms with Gasteiger partial charge in [-0.3, -0.25) is 0 Å². The Morgan fingerprint density at radius 1 is 1.48 bits per heavy atom. The highest BCUT2D eigenvalue weighted by atomic mass is 35.5. The first kappa shape index (κ1) is 16.6. The molecule has 0 amide bonds. The molecule has 1 saturated heterocycles. The van der Waals surface area contributed by atoms with Crippen molar-refractivity contribution in [3.05, 3.63) is 28.5 Å². The smallest absolute Gasteiger partial charge is 0.243 e. The van der Waals surface area contributed by atoms with Gasteiger partial charge in [-0.15, -0.1) is 0 Å². The van der Waals surface area contributed by atoms with Crippen LogP contribution in [-0.2, 0) is 21.3 Å².